The molecule has 0 aromatic heterocycles. The van der Waals surface area contributed by atoms with Crippen LogP contribution in [0.4, 0.5) is 0 Å². The summed E-state index contributed by atoms with van der Waals surface area (Å²) < 4.78 is 5.29. The van der Waals surface area contributed by atoms with E-state index in [2.05, 4.69) is 18.2 Å². The zero-order valence-corrected chi connectivity index (χ0v) is 11.6. The number of ether oxygens (including phenoxy) is 1. The molecule has 0 saturated heterocycles. The van der Waals surface area contributed by atoms with E-state index >= 15 is 0 Å². The molecule has 1 atom stereocenters. The maximum atomic E-state index is 6.13. The van der Waals surface area contributed by atoms with Crippen LogP contribution in [-0.4, -0.2) is 7.11 Å². The van der Waals surface area contributed by atoms with Crippen molar-refractivity contribution in [1.29, 1.82) is 0 Å². The molecule has 3 heteroatoms. The van der Waals surface area contributed by atoms with Gasteiger partial charge in [0, 0.05) is 6.04 Å². The molecule has 0 spiro atoms. The fourth-order valence-electron chi connectivity index (χ4n) is 2.78. The number of methoxy groups -OCH3 is 1. The van der Waals surface area contributed by atoms with Crippen molar-refractivity contribution < 1.29 is 4.74 Å². The molecule has 2 N–H and O–H groups in total. The minimum atomic E-state index is 0.171. The van der Waals surface area contributed by atoms with Crippen LogP contribution >= 0.6 is 11.6 Å². The molecule has 1 aliphatic carbocycles. The monoisotopic (exact) mass is 273 g/mol. The van der Waals surface area contributed by atoms with Crippen molar-refractivity contribution in [2.75, 3.05) is 7.11 Å². The lowest BCUT2D eigenvalue weighted by Crippen LogP contribution is -2.04. The molecule has 19 heavy (non-hydrogen) atoms. The third kappa shape index (κ3) is 2.11. The fraction of sp³-hybridized carbons (Fsp3) is 0.250. The van der Waals surface area contributed by atoms with E-state index in [0.29, 0.717) is 10.8 Å². The minimum absolute atomic E-state index is 0.171. The summed E-state index contributed by atoms with van der Waals surface area (Å²) in [6.07, 6.45) is 2.06. The Bertz CT molecular complexity index is 624. The highest BCUT2D eigenvalue weighted by Crippen LogP contribution is 2.38. The van der Waals surface area contributed by atoms with Crippen LogP contribution in [0.5, 0.6) is 5.75 Å². The van der Waals surface area contributed by atoms with Crippen LogP contribution in [-0.2, 0) is 6.42 Å². The molecule has 0 bridgehead atoms. The van der Waals surface area contributed by atoms with Crippen molar-refractivity contribution in [1.82, 2.24) is 0 Å². The summed E-state index contributed by atoms with van der Waals surface area (Å²) in [5, 5.41) is 0.635. The van der Waals surface area contributed by atoms with Crippen molar-refractivity contribution in [3.63, 3.8) is 0 Å². The first-order valence-electron chi connectivity index (χ1n) is 6.42. The average Bonchev–Trinajstić information content (AvgIpc) is 2.81. The molecule has 2 nitrogen and oxygen atoms in total. The van der Waals surface area contributed by atoms with Gasteiger partial charge in [0.25, 0.3) is 0 Å². The Hall–Kier alpha value is -1.51. The first-order chi connectivity index (χ1) is 9.20. The number of rotatable bonds is 2. The van der Waals surface area contributed by atoms with Crippen LogP contribution in [0.2, 0.25) is 5.02 Å². The van der Waals surface area contributed by atoms with E-state index in [1.165, 1.54) is 16.7 Å². The molecule has 3 rings (SSSR count). The largest absolute Gasteiger partial charge is 0.495 e. The second kappa shape index (κ2) is 4.87. The molecule has 2 aromatic carbocycles. The summed E-state index contributed by atoms with van der Waals surface area (Å²) in [4.78, 5) is 0. The van der Waals surface area contributed by atoms with Gasteiger partial charge in [0.05, 0.1) is 12.1 Å². The van der Waals surface area contributed by atoms with Crippen molar-refractivity contribution in [3.8, 4) is 16.9 Å². The molecule has 2 aromatic rings. The number of hydrogen-bond donors (Lipinski definition) is 1. The minimum Gasteiger partial charge on any atom is -0.495 e. The third-order valence-electron chi connectivity index (χ3n) is 3.78. The van der Waals surface area contributed by atoms with Gasteiger partial charge in [0.2, 0.25) is 0 Å². The van der Waals surface area contributed by atoms with Gasteiger partial charge in [-0.15, -0.1) is 0 Å². The Kier molecular flexibility index (Phi) is 3.21. The Morgan fingerprint density at radius 1 is 1.26 bits per heavy atom. The number of fused-ring (bicyclic) bond motifs is 1. The number of benzene rings is 2. The molecule has 0 heterocycles. The summed E-state index contributed by atoms with van der Waals surface area (Å²) in [6, 6.07) is 12.4. The second-order valence-corrected chi connectivity index (χ2v) is 5.28. The van der Waals surface area contributed by atoms with Crippen molar-refractivity contribution in [3.05, 3.63) is 52.5 Å². The zero-order valence-electron chi connectivity index (χ0n) is 10.8. The predicted molar refractivity (Wildman–Crippen MR) is 78.7 cm³/mol. The summed E-state index contributed by atoms with van der Waals surface area (Å²) in [5.74, 6) is 0.707. The molecule has 0 radical (unpaired) electrons. The van der Waals surface area contributed by atoms with Crippen molar-refractivity contribution >= 4 is 11.6 Å². The highest BCUT2D eigenvalue weighted by atomic mass is 35.5. The molecule has 1 aliphatic rings. The Morgan fingerprint density at radius 3 is 2.89 bits per heavy atom. The zero-order chi connectivity index (χ0) is 13.4. The van der Waals surface area contributed by atoms with Gasteiger partial charge in [-0.05, 0) is 47.2 Å². The summed E-state index contributed by atoms with van der Waals surface area (Å²) in [6.45, 7) is 0. The molecule has 98 valence electrons. The second-order valence-electron chi connectivity index (χ2n) is 4.87. The van der Waals surface area contributed by atoms with E-state index in [4.69, 9.17) is 22.1 Å². The molecule has 0 aliphatic heterocycles. The maximum absolute atomic E-state index is 6.13. The quantitative estimate of drug-likeness (QED) is 0.899. The van der Waals surface area contributed by atoms with Crippen LogP contribution in [0.25, 0.3) is 11.1 Å². The molecule has 0 fully saturated rings. The van der Waals surface area contributed by atoms with E-state index in [1.54, 1.807) is 7.11 Å². The average molecular weight is 274 g/mol. The lowest BCUT2D eigenvalue weighted by atomic mass is 9.96. The maximum Gasteiger partial charge on any atom is 0.138 e. The molecular formula is C16H16ClNO. The van der Waals surface area contributed by atoms with Gasteiger partial charge in [-0.2, -0.15) is 0 Å². The lowest BCUT2D eigenvalue weighted by molar-refractivity contribution is 0.415. The number of hydrogen-bond acceptors (Lipinski definition) is 2. The molecule has 0 saturated carbocycles. The number of nitrogens with two attached hydrogens (primary N) is 1. The lowest BCUT2D eigenvalue weighted by Gasteiger charge is -2.12. The van der Waals surface area contributed by atoms with E-state index in [0.717, 1.165) is 18.4 Å². The Balaban J connectivity index is 2.13. The first kappa shape index (κ1) is 12.5. The normalized spacial score (nSPS) is 17.3. The van der Waals surface area contributed by atoms with E-state index < -0.39 is 0 Å². The summed E-state index contributed by atoms with van der Waals surface area (Å²) in [7, 11) is 1.64. The van der Waals surface area contributed by atoms with E-state index in [1.807, 2.05) is 18.2 Å². The third-order valence-corrected chi connectivity index (χ3v) is 4.09. The highest BCUT2D eigenvalue weighted by molar-refractivity contribution is 6.32. The predicted octanol–water partition coefficient (Wildman–Crippen LogP) is 3.96. The van der Waals surface area contributed by atoms with Gasteiger partial charge < -0.3 is 10.5 Å². The van der Waals surface area contributed by atoms with Crippen LogP contribution < -0.4 is 10.5 Å². The fourth-order valence-corrected chi connectivity index (χ4v) is 2.98. The first-order valence-corrected chi connectivity index (χ1v) is 6.80. The van der Waals surface area contributed by atoms with Gasteiger partial charge in [-0.25, -0.2) is 0 Å². The van der Waals surface area contributed by atoms with Gasteiger partial charge in [-0.3, -0.25) is 0 Å². The van der Waals surface area contributed by atoms with Crippen LogP contribution in [0.3, 0.4) is 0 Å². The van der Waals surface area contributed by atoms with Gasteiger partial charge >= 0.3 is 0 Å². The van der Waals surface area contributed by atoms with Gasteiger partial charge in [-0.1, -0.05) is 35.9 Å². The van der Waals surface area contributed by atoms with Gasteiger partial charge in [0.1, 0.15) is 5.75 Å². The van der Waals surface area contributed by atoms with Crippen molar-refractivity contribution in [2.24, 2.45) is 5.73 Å². The highest BCUT2D eigenvalue weighted by Gasteiger charge is 2.22. The summed E-state index contributed by atoms with van der Waals surface area (Å²) >= 11 is 6.08. The van der Waals surface area contributed by atoms with E-state index in [9.17, 15) is 0 Å². The smallest absolute Gasteiger partial charge is 0.138 e. The van der Waals surface area contributed by atoms with Gasteiger partial charge in [0.15, 0.2) is 0 Å². The summed E-state index contributed by atoms with van der Waals surface area (Å²) in [5.41, 5.74) is 11.1. The Morgan fingerprint density at radius 2 is 2.11 bits per heavy atom. The molecular weight excluding hydrogens is 258 g/mol. The SMILES string of the molecule is COc1cc(-c2cccc3c2CCC3N)ccc1Cl. The number of halogens is 1. The Labute approximate surface area is 118 Å². The van der Waals surface area contributed by atoms with Crippen LogP contribution in [0.15, 0.2) is 36.4 Å². The van der Waals surface area contributed by atoms with Crippen molar-refractivity contribution in [2.45, 2.75) is 18.9 Å². The van der Waals surface area contributed by atoms with Crippen LogP contribution in [0, 0.1) is 0 Å². The topological polar surface area (TPSA) is 35.2 Å². The standard InChI is InChI=1S/C16H16ClNO/c1-19-16-9-10(5-7-14(16)17)11-3-2-4-13-12(11)6-8-15(13)18/h2-5,7,9,15H,6,8,18H2,1H3. The van der Waals surface area contributed by atoms with Crippen LogP contribution in [0.1, 0.15) is 23.6 Å². The molecule has 0 amide bonds. The van der Waals surface area contributed by atoms with E-state index in [-0.39, 0.29) is 6.04 Å². The molecule has 1 unspecified atom stereocenters.